The fourth-order valence-corrected chi connectivity index (χ4v) is 2.35. The zero-order valence-corrected chi connectivity index (χ0v) is 13.3. The molecule has 1 aliphatic heterocycles. The van der Waals surface area contributed by atoms with E-state index in [1.807, 2.05) is 0 Å². The highest BCUT2D eigenvalue weighted by Crippen LogP contribution is 2.15. The van der Waals surface area contributed by atoms with E-state index >= 15 is 0 Å². The first-order valence-electron chi connectivity index (χ1n) is 6.99. The van der Waals surface area contributed by atoms with Crippen LogP contribution < -0.4 is 5.32 Å². The van der Waals surface area contributed by atoms with Crippen molar-refractivity contribution in [2.75, 3.05) is 26.2 Å². The van der Waals surface area contributed by atoms with Crippen molar-refractivity contribution < 1.29 is 18.8 Å². The Bertz CT molecular complexity index is 574. The van der Waals surface area contributed by atoms with Gasteiger partial charge in [-0.3, -0.25) is 14.6 Å². The summed E-state index contributed by atoms with van der Waals surface area (Å²) in [4.78, 5) is 23.7. The molecule has 0 aromatic carbocycles. The van der Waals surface area contributed by atoms with Gasteiger partial charge in [0.25, 0.3) is 5.91 Å². The molecule has 0 aliphatic carbocycles. The molecule has 1 N–H and O–H groups in total. The van der Waals surface area contributed by atoms with Gasteiger partial charge in [0.2, 0.25) is 0 Å². The van der Waals surface area contributed by atoms with Crippen LogP contribution in [0.2, 0.25) is 0 Å². The van der Waals surface area contributed by atoms with Gasteiger partial charge in [0.15, 0.2) is 10.8 Å². The molecule has 1 aromatic heterocycles. The molecule has 2 rings (SSSR count). The van der Waals surface area contributed by atoms with Crippen molar-refractivity contribution in [3.8, 4) is 0 Å². The number of hydrazine groups is 1. The first kappa shape index (κ1) is 16.2. The topological polar surface area (TPSA) is 87.9 Å². The quantitative estimate of drug-likeness (QED) is 0.631. The van der Waals surface area contributed by atoms with Gasteiger partial charge in [-0.2, -0.15) is 0 Å². The van der Waals surface area contributed by atoms with Gasteiger partial charge in [-0.1, -0.05) is 5.16 Å². The second-order valence-corrected chi connectivity index (χ2v) is 5.08. The van der Waals surface area contributed by atoms with Crippen LogP contribution in [0.4, 0.5) is 0 Å². The molecule has 0 spiro atoms. The maximum atomic E-state index is 12.4. The standard InChI is InChI=1S/C13H18N4O4S/c1-3-20-11(18)8-14-13(22)17-6-4-5-16(17)12(19)10-7-9(2)21-15-10/h7H,3-6,8H2,1-2H3,(H,14,22). The summed E-state index contributed by atoms with van der Waals surface area (Å²) in [5, 5.41) is 9.95. The van der Waals surface area contributed by atoms with Gasteiger partial charge >= 0.3 is 5.97 Å². The van der Waals surface area contributed by atoms with E-state index < -0.39 is 5.97 Å². The fraction of sp³-hybridized carbons (Fsp3) is 0.538. The Morgan fingerprint density at radius 2 is 2.18 bits per heavy atom. The maximum Gasteiger partial charge on any atom is 0.325 e. The zero-order valence-electron chi connectivity index (χ0n) is 12.5. The lowest BCUT2D eigenvalue weighted by molar-refractivity contribution is -0.141. The molecule has 120 valence electrons. The Morgan fingerprint density at radius 1 is 1.45 bits per heavy atom. The lowest BCUT2D eigenvalue weighted by atomic mass is 10.3. The molecule has 8 nitrogen and oxygen atoms in total. The van der Waals surface area contributed by atoms with Gasteiger partial charge in [0.05, 0.1) is 6.61 Å². The van der Waals surface area contributed by atoms with Crippen molar-refractivity contribution in [3.05, 3.63) is 17.5 Å². The van der Waals surface area contributed by atoms with Gasteiger partial charge in [-0.15, -0.1) is 0 Å². The van der Waals surface area contributed by atoms with Crippen molar-refractivity contribution in [2.24, 2.45) is 0 Å². The first-order valence-corrected chi connectivity index (χ1v) is 7.39. The van der Waals surface area contributed by atoms with Gasteiger partial charge in [0.1, 0.15) is 12.3 Å². The molecule has 22 heavy (non-hydrogen) atoms. The zero-order chi connectivity index (χ0) is 16.1. The van der Waals surface area contributed by atoms with Crippen molar-refractivity contribution in [2.45, 2.75) is 20.3 Å². The normalized spacial score (nSPS) is 14.1. The SMILES string of the molecule is CCOC(=O)CNC(=S)N1CCCN1C(=O)c1cc(C)on1. The summed E-state index contributed by atoms with van der Waals surface area (Å²) in [6.45, 7) is 4.86. The minimum absolute atomic E-state index is 0.0335. The second-order valence-electron chi connectivity index (χ2n) is 4.69. The van der Waals surface area contributed by atoms with Crippen LogP contribution in [0.5, 0.6) is 0 Å². The van der Waals surface area contributed by atoms with E-state index in [0.717, 1.165) is 6.42 Å². The average molecular weight is 326 g/mol. The summed E-state index contributed by atoms with van der Waals surface area (Å²) in [7, 11) is 0. The Balaban J connectivity index is 1.96. The van der Waals surface area contributed by atoms with Crippen LogP contribution in [0, 0.1) is 6.92 Å². The predicted molar refractivity (Wildman–Crippen MR) is 80.8 cm³/mol. The molecule has 9 heteroatoms. The molecule has 2 heterocycles. The third-order valence-corrected chi connectivity index (χ3v) is 3.39. The molecule has 0 saturated carbocycles. The number of nitrogens with zero attached hydrogens (tertiary/aromatic N) is 3. The summed E-state index contributed by atoms with van der Waals surface area (Å²) < 4.78 is 9.74. The minimum atomic E-state index is -0.394. The van der Waals surface area contributed by atoms with Gasteiger partial charge in [-0.25, -0.2) is 5.01 Å². The number of carbonyl (C=O) groups excluding carboxylic acids is 2. The Labute approximate surface area is 133 Å². The van der Waals surface area contributed by atoms with E-state index in [1.54, 1.807) is 24.9 Å². The highest BCUT2D eigenvalue weighted by Gasteiger charge is 2.31. The van der Waals surface area contributed by atoms with Crippen molar-refractivity contribution >= 4 is 29.2 Å². The number of aryl methyl sites for hydroxylation is 1. The van der Waals surface area contributed by atoms with Crippen LogP contribution in [0.3, 0.4) is 0 Å². The number of thiocarbonyl (C=S) groups is 1. The number of esters is 1. The second kappa shape index (κ2) is 7.21. The van der Waals surface area contributed by atoms with E-state index in [2.05, 4.69) is 10.5 Å². The van der Waals surface area contributed by atoms with Crippen LogP contribution in [0.25, 0.3) is 0 Å². The minimum Gasteiger partial charge on any atom is -0.465 e. The summed E-state index contributed by atoms with van der Waals surface area (Å²) in [5.41, 5.74) is 0.234. The number of ether oxygens (including phenoxy) is 1. The van der Waals surface area contributed by atoms with E-state index in [4.69, 9.17) is 21.5 Å². The van der Waals surface area contributed by atoms with E-state index in [1.165, 1.54) is 5.01 Å². The van der Waals surface area contributed by atoms with Crippen LogP contribution in [-0.2, 0) is 9.53 Å². The average Bonchev–Trinajstić information content (AvgIpc) is 3.13. The highest BCUT2D eigenvalue weighted by atomic mass is 32.1. The smallest absolute Gasteiger partial charge is 0.325 e. The Morgan fingerprint density at radius 3 is 2.82 bits per heavy atom. The van der Waals surface area contributed by atoms with Gasteiger partial charge in [-0.05, 0) is 32.5 Å². The third-order valence-electron chi connectivity index (χ3n) is 3.04. The van der Waals surface area contributed by atoms with Crippen LogP contribution >= 0.6 is 12.2 Å². The molecule has 1 fully saturated rings. The number of amides is 1. The van der Waals surface area contributed by atoms with Gasteiger partial charge in [0, 0.05) is 19.2 Å². The number of nitrogens with one attached hydrogen (secondary N) is 1. The molecular formula is C13H18N4O4S. The Hall–Kier alpha value is -2.16. The number of hydrogen-bond donors (Lipinski definition) is 1. The molecule has 1 aliphatic rings. The van der Waals surface area contributed by atoms with E-state index in [0.29, 0.717) is 30.6 Å². The Kier molecular flexibility index (Phi) is 5.31. The molecule has 1 aromatic rings. The number of aromatic nitrogens is 1. The fourth-order valence-electron chi connectivity index (χ4n) is 2.08. The van der Waals surface area contributed by atoms with E-state index in [9.17, 15) is 9.59 Å². The number of hydrogen-bond acceptors (Lipinski definition) is 6. The van der Waals surface area contributed by atoms with Crippen molar-refractivity contribution in [1.29, 1.82) is 0 Å². The predicted octanol–water partition coefficient (Wildman–Crippen LogP) is 0.484. The highest BCUT2D eigenvalue weighted by molar-refractivity contribution is 7.80. The summed E-state index contributed by atoms with van der Waals surface area (Å²) in [6, 6.07) is 1.58. The number of carbonyl (C=O) groups is 2. The van der Waals surface area contributed by atoms with Crippen LogP contribution in [0.15, 0.2) is 10.6 Å². The summed E-state index contributed by atoms with van der Waals surface area (Å²) in [6.07, 6.45) is 0.782. The van der Waals surface area contributed by atoms with Crippen molar-refractivity contribution in [3.63, 3.8) is 0 Å². The maximum absolute atomic E-state index is 12.4. The molecular weight excluding hydrogens is 308 g/mol. The lowest BCUT2D eigenvalue weighted by Crippen LogP contribution is -2.50. The summed E-state index contributed by atoms with van der Waals surface area (Å²) in [5.74, 6) is -0.110. The lowest BCUT2D eigenvalue weighted by Gasteiger charge is -2.29. The van der Waals surface area contributed by atoms with Crippen molar-refractivity contribution in [1.82, 2.24) is 20.5 Å². The largest absolute Gasteiger partial charge is 0.465 e. The monoisotopic (exact) mass is 326 g/mol. The molecule has 0 atom stereocenters. The third kappa shape index (κ3) is 3.73. The molecule has 0 radical (unpaired) electrons. The first-order chi connectivity index (χ1) is 10.5. The van der Waals surface area contributed by atoms with Crippen LogP contribution in [-0.4, -0.2) is 58.4 Å². The van der Waals surface area contributed by atoms with E-state index in [-0.39, 0.29) is 18.1 Å². The number of rotatable bonds is 4. The molecule has 0 bridgehead atoms. The summed E-state index contributed by atoms with van der Waals surface area (Å²) >= 11 is 5.24. The molecule has 1 amide bonds. The van der Waals surface area contributed by atoms with Crippen LogP contribution in [0.1, 0.15) is 29.6 Å². The van der Waals surface area contributed by atoms with Gasteiger partial charge < -0.3 is 14.6 Å². The molecule has 0 unspecified atom stereocenters. The molecule has 1 saturated heterocycles.